The second-order valence-electron chi connectivity index (χ2n) is 4.24. The summed E-state index contributed by atoms with van der Waals surface area (Å²) in [5.41, 5.74) is 2.23. The lowest BCUT2D eigenvalue weighted by Gasteiger charge is -2.07. The first kappa shape index (κ1) is 13.1. The van der Waals surface area contributed by atoms with E-state index in [0.717, 1.165) is 22.6 Å². The van der Waals surface area contributed by atoms with Gasteiger partial charge in [-0.25, -0.2) is 4.57 Å². The monoisotopic (exact) mass is 256 g/mol. The van der Waals surface area contributed by atoms with Gasteiger partial charge in [0.2, 0.25) is 0 Å². The standard InChI is InChI=1S/C16H18NO2/c1-17-10-8-13(9-11-17)4-5-14-6-7-15(18-2)16(12-14)19-3/h4-12H,1-3H3/q+1/b5-4+. The lowest BCUT2D eigenvalue weighted by molar-refractivity contribution is -0.671. The number of nitrogens with zero attached hydrogens (tertiary/aromatic N) is 1. The van der Waals surface area contributed by atoms with Crippen molar-refractivity contribution >= 4 is 12.2 Å². The van der Waals surface area contributed by atoms with E-state index in [1.165, 1.54) is 0 Å². The summed E-state index contributed by atoms with van der Waals surface area (Å²) < 4.78 is 12.5. The average molecular weight is 256 g/mol. The van der Waals surface area contributed by atoms with E-state index in [4.69, 9.17) is 9.47 Å². The third-order valence-electron chi connectivity index (χ3n) is 2.88. The van der Waals surface area contributed by atoms with Crippen LogP contribution in [-0.2, 0) is 7.05 Å². The fourth-order valence-electron chi connectivity index (χ4n) is 1.77. The van der Waals surface area contributed by atoms with Crippen molar-refractivity contribution in [2.24, 2.45) is 7.05 Å². The van der Waals surface area contributed by atoms with Gasteiger partial charge in [0.15, 0.2) is 23.9 Å². The summed E-state index contributed by atoms with van der Waals surface area (Å²) in [6, 6.07) is 10.00. The van der Waals surface area contributed by atoms with Crippen molar-refractivity contribution in [2.75, 3.05) is 14.2 Å². The lowest BCUT2D eigenvalue weighted by atomic mass is 10.1. The van der Waals surface area contributed by atoms with E-state index in [1.807, 2.05) is 42.2 Å². The van der Waals surface area contributed by atoms with Crippen molar-refractivity contribution < 1.29 is 14.0 Å². The van der Waals surface area contributed by atoms with Gasteiger partial charge in [-0.05, 0) is 23.3 Å². The maximum absolute atomic E-state index is 5.28. The Morgan fingerprint density at radius 3 is 2.11 bits per heavy atom. The zero-order valence-electron chi connectivity index (χ0n) is 11.5. The number of hydrogen-bond donors (Lipinski definition) is 0. The van der Waals surface area contributed by atoms with Gasteiger partial charge < -0.3 is 9.47 Å². The maximum Gasteiger partial charge on any atom is 0.169 e. The van der Waals surface area contributed by atoms with Crippen molar-refractivity contribution in [3.63, 3.8) is 0 Å². The molecule has 1 heterocycles. The third kappa shape index (κ3) is 3.35. The molecule has 0 radical (unpaired) electrons. The molecule has 0 fully saturated rings. The Hall–Kier alpha value is -2.29. The van der Waals surface area contributed by atoms with Crippen LogP contribution < -0.4 is 14.0 Å². The molecular weight excluding hydrogens is 238 g/mol. The van der Waals surface area contributed by atoms with E-state index in [9.17, 15) is 0 Å². The predicted molar refractivity (Wildman–Crippen MR) is 76.1 cm³/mol. The van der Waals surface area contributed by atoms with Gasteiger partial charge in [0.25, 0.3) is 0 Å². The normalized spacial score (nSPS) is 10.7. The molecule has 0 aliphatic carbocycles. The Morgan fingerprint density at radius 1 is 0.842 bits per heavy atom. The van der Waals surface area contributed by atoms with Crippen molar-refractivity contribution in [2.45, 2.75) is 0 Å². The summed E-state index contributed by atoms with van der Waals surface area (Å²) in [4.78, 5) is 0. The zero-order valence-corrected chi connectivity index (χ0v) is 11.5. The van der Waals surface area contributed by atoms with Crippen LogP contribution in [0.15, 0.2) is 42.7 Å². The van der Waals surface area contributed by atoms with Gasteiger partial charge in [-0.3, -0.25) is 0 Å². The van der Waals surface area contributed by atoms with Crippen LogP contribution in [0.5, 0.6) is 11.5 Å². The number of aromatic nitrogens is 1. The molecule has 0 N–H and O–H groups in total. The number of methoxy groups -OCH3 is 2. The van der Waals surface area contributed by atoms with Crippen molar-refractivity contribution in [1.82, 2.24) is 0 Å². The first-order valence-electron chi connectivity index (χ1n) is 6.08. The molecule has 0 aliphatic heterocycles. The summed E-state index contributed by atoms with van der Waals surface area (Å²) in [7, 11) is 5.28. The SMILES string of the molecule is COc1ccc(/C=C/c2cc[n+](C)cc2)cc1OC. The molecule has 3 nitrogen and oxygen atoms in total. The lowest BCUT2D eigenvalue weighted by Crippen LogP contribution is -2.25. The number of benzene rings is 1. The van der Waals surface area contributed by atoms with Crippen LogP contribution in [0.4, 0.5) is 0 Å². The fraction of sp³-hybridized carbons (Fsp3) is 0.188. The first-order chi connectivity index (χ1) is 9.22. The Morgan fingerprint density at radius 2 is 1.47 bits per heavy atom. The van der Waals surface area contributed by atoms with Crippen LogP contribution in [0.3, 0.4) is 0 Å². The number of rotatable bonds is 4. The molecule has 0 bridgehead atoms. The van der Waals surface area contributed by atoms with Crippen LogP contribution in [0.2, 0.25) is 0 Å². The van der Waals surface area contributed by atoms with E-state index in [-0.39, 0.29) is 0 Å². The molecule has 0 amide bonds. The Kier molecular flexibility index (Phi) is 4.18. The smallest absolute Gasteiger partial charge is 0.169 e. The molecule has 1 aromatic carbocycles. The fourth-order valence-corrected chi connectivity index (χ4v) is 1.77. The van der Waals surface area contributed by atoms with Crippen LogP contribution in [0.1, 0.15) is 11.1 Å². The minimum Gasteiger partial charge on any atom is -0.493 e. The Balaban J connectivity index is 2.21. The molecule has 0 aliphatic rings. The number of hydrogen-bond acceptors (Lipinski definition) is 2. The molecule has 0 unspecified atom stereocenters. The highest BCUT2D eigenvalue weighted by Crippen LogP contribution is 2.28. The number of aryl methyl sites for hydroxylation is 1. The maximum atomic E-state index is 5.28. The zero-order chi connectivity index (χ0) is 13.7. The van der Waals surface area contributed by atoms with Crippen molar-refractivity contribution in [3.8, 4) is 11.5 Å². The molecule has 3 heteroatoms. The van der Waals surface area contributed by atoms with Crippen LogP contribution >= 0.6 is 0 Å². The largest absolute Gasteiger partial charge is 0.493 e. The Bertz CT molecular complexity index is 574. The van der Waals surface area contributed by atoms with E-state index in [1.54, 1.807) is 14.2 Å². The molecule has 2 aromatic rings. The summed E-state index contributed by atoms with van der Waals surface area (Å²) in [6.07, 6.45) is 8.17. The summed E-state index contributed by atoms with van der Waals surface area (Å²) in [6.45, 7) is 0. The molecule has 0 saturated carbocycles. The minimum absolute atomic E-state index is 0.740. The van der Waals surface area contributed by atoms with E-state index in [2.05, 4.69) is 24.3 Å². The van der Waals surface area contributed by atoms with Crippen molar-refractivity contribution in [1.29, 1.82) is 0 Å². The topological polar surface area (TPSA) is 22.3 Å². The highest BCUT2D eigenvalue weighted by atomic mass is 16.5. The molecular formula is C16H18NO2+. The Labute approximate surface area is 113 Å². The second-order valence-corrected chi connectivity index (χ2v) is 4.24. The van der Waals surface area contributed by atoms with Gasteiger partial charge in [0.05, 0.1) is 14.2 Å². The molecule has 0 atom stereocenters. The number of pyridine rings is 1. The van der Waals surface area contributed by atoms with Crippen molar-refractivity contribution in [3.05, 3.63) is 53.9 Å². The van der Waals surface area contributed by atoms with Crippen LogP contribution in [0, 0.1) is 0 Å². The highest BCUT2D eigenvalue weighted by Gasteiger charge is 2.02. The summed E-state index contributed by atoms with van der Waals surface area (Å²) in [5, 5.41) is 0. The molecule has 19 heavy (non-hydrogen) atoms. The summed E-state index contributed by atoms with van der Waals surface area (Å²) >= 11 is 0. The van der Waals surface area contributed by atoms with Gasteiger partial charge in [-0.1, -0.05) is 18.2 Å². The van der Waals surface area contributed by atoms with Gasteiger partial charge in [0, 0.05) is 12.1 Å². The minimum atomic E-state index is 0.740. The van der Waals surface area contributed by atoms with Crippen LogP contribution in [-0.4, -0.2) is 14.2 Å². The molecule has 0 saturated heterocycles. The van der Waals surface area contributed by atoms with E-state index < -0.39 is 0 Å². The molecule has 98 valence electrons. The first-order valence-corrected chi connectivity index (χ1v) is 6.08. The quantitative estimate of drug-likeness (QED) is 0.785. The molecule has 2 rings (SSSR count). The second kappa shape index (κ2) is 6.05. The van der Waals surface area contributed by atoms with Gasteiger partial charge >= 0.3 is 0 Å². The molecule has 0 spiro atoms. The van der Waals surface area contributed by atoms with Crippen LogP contribution in [0.25, 0.3) is 12.2 Å². The van der Waals surface area contributed by atoms with Gasteiger partial charge in [0.1, 0.15) is 7.05 Å². The highest BCUT2D eigenvalue weighted by molar-refractivity contribution is 5.70. The predicted octanol–water partition coefficient (Wildman–Crippen LogP) is 2.70. The number of ether oxygens (including phenoxy) is 2. The van der Waals surface area contributed by atoms with Gasteiger partial charge in [-0.2, -0.15) is 0 Å². The third-order valence-corrected chi connectivity index (χ3v) is 2.88. The average Bonchev–Trinajstić information content (AvgIpc) is 2.46. The van der Waals surface area contributed by atoms with Gasteiger partial charge in [-0.15, -0.1) is 0 Å². The summed E-state index contributed by atoms with van der Waals surface area (Å²) in [5.74, 6) is 1.48. The van der Waals surface area contributed by atoms with E-state index >= 15 is 0 Å². The van der Waals surface area contributed by atoms with E-state index in [0.29, 0.717) is 0 Å². The molecule has 1 aromatic heterocycles.